The second-order valence-corrected chi connectivity index (χ2v) is 5.21. The minimum absolute atomic E-state index is 0.198. The third-order valence-electron chi connectivity index (χ3n) is 2.78. The van der Waals surface area contributed by atoms with E-state index in [0.717, 1.165) is 0 Å². The monoisotopic (exact) mass is 367 g/mol. The largest absolute Gasteiger partial charge is 0.390 e. The van der Waals surface area contributed by atoms with Gasteiger partial charge in [-0.05, 0) is 22.6 Å². The molecular formula is C10H14IN3O4. The quantitative estimate of drug-likeness (QED) is 0.714. The molecule has 1 saturated heterocycles. The van der Waals surface area contributed by atoms with Gasteiger partial charge in [0.05, 0.1) is 16.3 Å². The second kappa shape index (κ2) is 5.51. The van der Waals surface area contributed by atoms with E-state index in [2.05, 4.69) is 4.98 Å². The highest BCUT2D eigenvalue weighted by atomic mass is 127. The highest BCUT2D eigenvalue weighted by molar-refractivity contribution is 14.1. The van der Waals surface area contributed by atoms with Crippen molar-refractivity contribution in [3.8, 4) is 0 Å². The normalized spacial score (nSPS) is 27.6. The van der Waals surface area contributed by atoms with Crippen LogP contribution in [0.3, 0.4) is 0 Å². The molecule has 8 heteroatoms. The summed E-state index contributed by atoms with van der Waals surface area (Å²) >= 11 is 1.99. The summed E-state index contributed by atoms with van der Waals surface area (Å²) in [5, 5.41) is 9.80. The number of hydrogen-bond acceptors (Lipinski definition) is 6. The van der Waals surface area contributed by atoms with Crippen molar-refractivity contribution in [1.29, 1.82) is 0 Å². The van der Waals surface area contributed by atoms with Crippen molar-refractivity contribution >= 4 is 28.4 Å². The maximum Gasteiger partial charge on any atom is 0.351 e. The number of nitrogen functional groups attached to an aromatic ring is 1. The fraction of sp³-hybridized carbons (Fsp3) is 0.600. The van der Waals surface area contributed by atoms with Crippen molar-refractivity contribution < 1.29 is 14.6 Å². The maximum atomic E-state index is 11.7. The van der Waals surface area contributed by atoms with Gasteiger partial charge in [-0.1, -0.05) is 0 Å². The fourth-order valence-electron chi connectivity index (χ4n) is 1.86. The van der Waals surface area contributed by atoms with Crippen LogP contribution in [0.5, 0.6) is 0 Å². The topological polar surface area (TPSA) is 99.6 Å². The number of rotatable bonds is 3. The summed E-state index contributed by atoms with van der Waals surface area (Å²) in [6.07, 6.45) is 0.293. The average Bonchev–Trinajstić information content (AvgIpc) is 2.66. The first-order chi connectivity index (χ1) is 8.52. The minimum Gasteiger partial charge on any atom is -0.390 e. The molecule has 0 bridgehead atoms. The van der Waals surface area contributed by atoms with Gasteiger partial charge >= 0.3 is 5.69 Å². The Kier molecular flexibility index (Phi) is 4.20. The number of nitrogens with zero attached hydrogens (tertiary/aromatic N) is 2. The Morgan fingerprint density at radius 1 is 1.78 bits per heavy atom. The van der Waals surface area contributed by atoms with Crippen LogP contribution in [0.1, 0.15) is 12.6 Å². The van der Waals surface area contributed by atoms with Crippen LogP contribution in [-0.4, -0.2) is 40.6 Å². The van der Waals surface area contributed by atoms with E-state index in [1.54, 1.807) is 6.20 Å². The molecule has 1 aromatic heterocycles. The van der Waals surface area contributed by atoms with Crippen molar-refractivity contribution in [1.82, 2.24) is 9.55 Å². The van der Waals surface area contributed by atoms with Crippen LogP contribution in [0.15, 0.2) is 11.0 Å². The van der Waals surface area contributed by atoms with Crippen LogP contribution in [0.4, 0.5) is 5.82 Å². The fourth-order valence-corrected chi connectivity index (χ4v) is 2.28. The van der Waals surface area contributed by atoms with Gasteiger partial charge in [0, 0.05) is 19.7 Å². The zero-order valence-corrected chi connectivity index (χ0v) is 11.9. The summed E-state index contributed by atoms with van der Waals surface area (Å²) in [6.45, 7) is 0.284. The summed E-state index contributed by atoms with van der Waals surface area (Å²) in [6, 6.07) is 0. The molecule has 1 fully saturated rings. The van der Waals surface area contributed by atoms with Crippen molar-refractivity contribution in [2.24, 2.45) is 0 Å². The predicted octanol–water partition coefficient (Wildman–Crippen LogP) is -0.275. The number of halogens is 1. The van der Waals surface area contributed by atoms with Gasteiger partial charge in [0.15, 0.2) is 0 Å². The van der Waals surface area contributed by atoms with Gasteiger partial charge in [-0.3, -0.25) is 4.57 Å². The highest BCUT2D eigenvalue weighted by Crippen LogP contribution is 2.28. The molecule has 0 aliphatic carbocycles. The molecule has 0 aromatic carbocycles. The lowest BCUT2D eigenvalue weighted by Gasteiger charge is -2.15. The van der Waals surface area contributed by atoms with Crippen LogP contribution in [-0.2, 0) is 9.47 Å². The maximum absolute atomic E-state index is 11.7. The van der Waals surface area contributed by atoms with Crippen LogP contribution < -0.4 is 11.4 Å². The molecule has 100 valence electrons. The van der Waals surface area contributed by atoms with E-state index in [1.807, 2.05) is 22.6 Å². The lowest BCUT2D eigenvalue weighted by Crippen LogP contribution is -2.29. The second-order valence-electron chi connectivity index (χ2n) is 4.05. The third kappa shape index (κ3) is 2.66. The summed E-state index contributed by atoms with van der Waals surface area (Å²) in [7, 11) is 1.53. The minimum atomic E-state index is -0.655. The Morgan fingerprint density at radius 2 is 2.50 bits per heavy atom. The molecule has 0 radical (unpaired) electrons. The Bertz CT molecular complexity index is 493. The van der Waals surface area contributed by atoms with Gasteiger partial charge < -0.3 is 20.3 Å². The third-order valence-corrected chi connectivity index (χ3v) is 3.61. The van der Waals surface area contributed by atoms with E-state index < -0.39 is 24.1 Å². The van der Waals surface area contributed by atoms with E-state index in [4.69, 9.17) is 15.2 Å². The van der Waals surface area contributed by atoms with Gasteiger partial charge in [0.1, 0.15) is 18.1 Å². The molecule has 3 atom stereocenters. The van der Waals surface area contributed by atoms with Crippen molar-refractivity contribution in [2.75, 3.05) is 19.5 Å². The molecule has 3 N–H and O–H groups in total. The summed E-state index contributed by atoms with van der Waals surface area (Å²) in [4.78, 5) is 15.4. The lowest BCUT2D eigenvalue weighted by atomic mass is 10.2. The first-order valence-corrected chi connectivity index (χ1v) is 6.47. The number of hydrogen-bond donors (Lipinski definition) is 2. The van der Waals surface area contributed by atoms with E-state index in [0.29, 0.717) is 9.99 Å². The smallest absolute Gasteiger partial charge is 0.351 e. The lowest BCUT2D eigenvalue weighted by molar-refractivity contribution is -0.0547. The first-order valence-electron chi connectivity index (χ1n) is 5.39. The number of nitrogens with two attached hydrogens (primary N) is 1. The molecule has 18 heavy (non-hydrogen) atoms. The van der Waals surface area contributed by atoms with Crippen LogP contribution >= 0.6 is 22.6 Å². The van der Waals surface area contributed by atoms with Crippen LogP contribution in [0.2, 0.25) is 0 Å². The molecule has 0 saturated carbocycles. The Morgan fingerprint density at radius 3 is 3.17 bits per heavy atom. The SMILES string of the molecule is COCC1OC(n2cc(I)c(N)nc2=O)CC1O. The number of aromatic nitrogens is 2. The summed E-state index contributed by atoms with van der Waals surface area (Å²) < 4.78 is 12.5. The zero-order chi connectivity index (χ0) is 13.3. The zero-order valence-electron chi connectivity index (χ0n) is 9.75. The van der Waals surface area contributed by atoms with E-state index in [1.165, 1.54) is 11.7 Å². The van der Waals surface area contributed by atoms with E-state index in [-0.39, 0.29) is 12.4 Å². The number of methoxy groups -OCH3 is 1. The van der Waals surface area contributed by atoms with Gasteiger partial charge in [-0.2, -0.15) is 4.98 Å². The first kappa shape index (κ1) is 13.7. The number of anilines is 1. The molecule has 3 unspecified atom stereocenters. The molecule has 1 aromatic rings. The van der Waals surface area contributed by atoms with Crippen LogP contribution in [0, 0.1) is 3.57 Å². The Hall–Kier alpha value is -0.710. The number of ether oxygens (including phenoxy) is 2. The molecule has 1 aliphatic rings. The number of aliphatic hydroxyl groups is 1. The Balaban J connectivity index is 2.24. The molecule has 0 amide bonds. The molecule has 0 spiro atoms. The Labute approximate surface area is 117 Å². The standard InChI is InChI=1S/C10H14IN3O4/c1-17-4-7-6(15)2-8(18-7)14-3-5(11)9(12)13-10(14)16/h3,6-8,15H,2,4H2,1H3,(H2,12,13,16). The van der Waals surface area contributed by atoms with Crippen molar-refractivity contribution in [3.05, 3.63) is 20.3 Å². The molecule has 7 nitrogen and oxygen atoms in total. The predicted molar refractivity (Wildman–Crippen MR) is 72.0 cm³/mol. The van der Waals surface area contributed by atoms with Gasteiger partial charge in [-0.15, -0.1) is 0 Å². The average molecular weight is 367 g/mol. The van der Waals surface area contributed by atoms with Gasteiger partial charge in [0.25, 0.3) is 0 Å². The summed E-state index contributed by atoms with van der Waals surface area (Å²) in [5.41, 5.74) is 5.07. The van der Waals surface area contributed by atoms with Gasteiger partial charge in [0.2, 0.25) is 0 Å². The van der Waals surface area contributed by atoms with Gasteiger partial charge in [-0.25, -0.2) is 4.79 Å². The van der Waals surface area contributed by atoms with Crippen molar-refractivity contribution in [3.63, 3.8) is 0 Å². The summed E-state index contributed by atoms with van der Waals surface area (Å²) in [5.74, 6) is 0.198. The number of aliphatic hydroxyl groups excluding tert-OH is 1. The van der Waals surface area contributed by atoms with E-state index in [9.17, 15) is 9.90 Å². The molecule has 1 aliphatic heterocycles. The highest BCUT2D eigenvalue weighted by Gasteiger charge is 2.35. The molecular weight excluding hydrogens is 353 g/mol. The van der Waals surface area contributed by atoms with Crippen LogP contribution in [0.25, 0.3) is 0 Å². The van der Waals surface area contributed by atoms with E-state index >= 15 is 0 Å². The van der Waals surface area contributed by atoms with Crippen molar-refractivity contribution in [2.45, 2.75) is 24.9 Å². The molecule has 2 rings (SSSR count). The molecule has 2 heterocycles.